The van der Waals surface area contributed by atoms with Crippen molar-refractivity contribution in [1.82, 2.24) is 0 Å². The molecule has 0 aliphatic carbocycles. The molecule has 1 aromatic rings. The summed E-state index contributed by atoms with van der Waals surface area (Å²) in [5, 5.41) is 0. The highest BCUT2D eigenvalue weighted by molar-refractivity contribution is 5.90. The van der Waals surface area contributed by atoms with Crippen LogP contribution in [-0.2, 0) is 9.53 Å². The molecule has 0 atom stereocenters. The first-order valence-electron chi connectivity index (χ1n) is 5.66. The fraction of sp³-hybridized carbons (Fsp3) is 0.308. The third-order valence-electron chi connectivity index (χ3n) is 2.71. The Morgan fingerprint density at radius 3 is 2.47 bits per heavy atom. The molecule has 1 saturated heterocycles. The first-order chi connectivity index (χ1) is 8.25. The summed E-state index contributed by atoms with van der Waals surface area (Å²) in [6, 6.07) is 8.05. The first kappa shape index (κ1) is 11.7. The quantitative estimate of drug-likeness (QED) is 0.792. The molecule has 90 valence electrons. The van der Waals surface area contributed by atoms with Gasteiger partial charge in [-0.2, -0.15) is 0 Å². The van der Waals surface area contributed by atoms with Crippen molar-refractivity contribution in [3.63, 3.8) is 0 Å². The van der Waals surface area contributed by atoms with Crippen LogP contribution in [-0.4, -0.2) is 32.2 Å². The number of rotatable bonds is 3. The molecule has 1 aliphatic heterocycles. The molecule has 0 aromatic heterocycles. The van der Waals surface area contributed by atoms with Crippen LogP contribution in [0.15, 0.2) is 30.3 Å². The molecule has 17 heavy (non-hydrogen) atoms. The second-order valence-corrected chi connectivity index (χ2v) is 3.93. The van der Waals surface area contributed by atoms with Gasteiger partial charge >= 0.3 is 0 Å². The van der Waals surface area contributed by atoms with Crippen molar-refractivity contribution < 1.29 is 9.53 Å². The molecular formula is C13H16N2O2. The van der Waals surface area contributed by atoms with Crippen molar-refractivity contribution in [2.45, 2.75) is 0 Å². The van der Waals surface area contributed by atoms with Gasteiger partial charge in [0, 0.05) is 24.9 Å². The van der Waals surface area contributed by atoms with Crippen molar-refractivity contribution in [1.29, 1.82) is 0 Å². The lowest BCUT2D eigenvalue weighted by Gasteiger charge is -2.28. The standard InChI is InChI=1S/C13H16N2O2/c14-13(16)6-3-11-1-4-12(5-2-11)15-7-9-17-10-8-15/h1-6H,7-10H2,(H2,14,16)/b6-3-. The number of carbonyl (C=O) groups excluding carboxylic acids is 1. The van der Waals surface area contributed by atoms with Gasteiger partial charge in [-0.3, -0.25) is 4.79 Å². The van der Waals surface area contributed by atoms with Gasteiger partial charge in [-0.15, -0.1) is 0 Å². The highest BCUT2D eigenvalue weighted by atomic mass is 16.5. The Hall–Kier alpha value is -1.81. The van der Waals surface area contributed by atoms with Gasteiger partial charge < -0.3 is 15.4 Å². The third kappa shape index (κ3) is 3.32. The van der Waals surface area contributed by atoms with E-state index < -0.39 is 5.91 Å². The number of carbonyl (C=O) groups is 1. The molecule has 1 heterocycles. The van der Waals surface area contributed by atoms with Gasteiger partial charge in [0.1, 0.15) is 0 Å². The summed E-state index contributed by atoms with van der Waals surface area (Å²) in [7, 11) is 0. The number of ether oxygens (including phenoxy) is 1. The largest absolute Gasteiger partial charge is 0.378 e. The minimum Gasteiger partial charge on any atom is -0.378 e. The molecule has 0 saturated carbocycles. The van der Waals surface area contributed by atoms with Crippen molar-refractivity contribution in [3.05, 3.63) is 35.9 Å². The van der Waals surface area contributed by atoms with E-state index in [0.29, 0.717) is 0 Å². The average molecular weight is 232 g/mol. The maximum absolute atomic E-state index is 10.6. The Bertz CT molecular complexity index is 406. The van der Waals surface area contributed by atoms with E-state index in [4.69, 9.17) is 10.5 Å². The number of hydrogen-bond acceptors (Lipinski definition) is 3. The minimum absolute atomic E-state index is 0.428. The third-order valence-corrected chi connectivity index (χ3v) is 2.71. The van der Waals surface area contributed by atoms with Gasteiger partial charge in [-0.25, -0.2) is 0 Å². The van der Waals surface area contributed by atoms with Crippen molar-refractivity contribution in [2.75, 3.05) is 31.2 Å². The second-order valence-electron chi connectivity index (χ2n) is 3.93. The predicted octanol–water partition coefficient (Wildman–Crippen LogP) is 1.02. The molecule has 1 aliphatic rings. The number of nitrogens with zero attached hydrogens (tertiary/aromatic N) is 1. The predicted molar refractivity (Wildman–Crippen MR) is 67.7 cm³/mol. The van der Waals surface area contributed by atoms with Gasteiger partial charge in [-0.05, 0) is 23.8 Å². The van der Waals surface area contributed by atoms with E-state index in [1.807, 2.05) is 24.3 Å². The van der Waals surface area contributed by atoms with Crippen LogP contribution in [0.2, 0.25) is 0 Å². The number of anilines is 1. The smallest absolute Gasteiger partial charge is 0.241 e. The second kappa shape index (κ2) is 5.50. The fourth-order valence-corrected chi connectivity index (χ4v) is 1.80. The lowest BCUT2D eigenvalue weighted by Crippen LogP contribution is -2.36. The molecule has 0 unspecified atom stereocenters. The Balaban J connectivity index is 2.04. The van der Waals surface area contributed by atoms with Gasteiger partial charge in [0.05, 0.1) is 13.2 Å². The Morgan fingerprint density at radius 1 is 1.24 bits per heavy atom. The lowest BCUT2D eigenvalue weighted by molar-refractivity contribution is -0.113. The van der Waals surface area contributed by atoms with Crippen molar-refractivity contribution in [3.8, 4) is 0 Å². The van der Waals surface area contributed by atoms with Crippen LogP contribution in [0.5, 0.6) is 0 Å². The van der Waals surface area contributed by atoms with Crippen molar-refractivity contribution >= 4 is 17.7 Å². The van der Waals surface area contributed by atoms with Crippen LogP contribution < -0.4 is 10.6 Å². The summed E-state index contributed by atoms with van der Waals surface area (Å²) in [5.41, 5.74) is 7.20. The van der Waals surface area contributed by atoms with E-state index in [1.165, 1.54) is 11.8 Å². The Labute approximate surface area is 101 Å². The SMILES string of the molecule is NC(=O)/C=C\c1ccc(N2CCOCC2)cc1. The number of morpholine rings is 1. The molecule has 1 aromatic carbocycles. The monoisotopic (exact) mass is 232 g/mol. The topological polar surface area (TPSA) is 55.6 Å². The summed E-state index contributed by atoms with van der Waals surface area (Å²) in [6.07, 6.45) is 3.08. The highest BCUT2D eigenvalue weighted by Gasteiger charge is 2.10. The number of hydrogen-bond donors (Lipinski definition) is 1. The Kier molecular flexibility index (Phi) is 3.77. The first-order valence-corrected chi connectivity index (χ1v) is 5.66. The van der Waals surface area contributed by atoms with Crippen molar-refractivity contribution in [2.24, 2.45) is 5.73 Å². The summed E-state index contributed by atoms with van der Waals surface area (Å²) >= 11 is 0. The van der Waals surface area contributed by atoms with E-state index in [-0.39, 0.29) is 0 Å². The maximum atomic E-state index is 10.6. The van der Waals surface area contributed by atoms with Crippen LogP contribution in [0.1, 0.15) is 5.56 Å². The molecule has 1 amide bonds. The number of benzene rings is 1. The van der Waals surface area contributed by atoms with Crippen LogP contribution in [0, 0.1) is 0 Å². The van der Waals surface area contributed by atoms with Crippen LogP contribution >= 0.6 is 0 Å². The van der Waals surface area contributed by atoms with Gasteiger partial charge in [-0.1, -0.05) is 12.1 Å². The van der Waals surface area contributed by atoms with E-state index in [9.17, 15) is 4.79 Å². The molecule has 2 rings (SSSR count). The Morgan fingerprint density at radius 2 is 1.88 bits per heavy atom. The molecule has 0 radical (unpaired) electrons. The van der Waals surface area contributed by atoms with Crippen LogP contribution in [0.25, 0.3) is 6.08 Å². The zero-order valence-electron chi connectivity index (χ0n) is 9.63. The van der Waals surface area contributed by atoms with E-state index in [0.717, 1.165) is 31.9 Å². The number of amides is 1. The minimum atomic E-state index is -0.428. The molecule has 2 N–H and O–H groups in total. The molecule has 0 bridgehead atoms. The molecule has 1 fully saturated rings. The number of primary amides is 1. The normalized spacial score (nSPS) is 16.4. The summed E-state index contributed by atoms with van der Waals surface area (Å²) in [5.74, 6) is -0.428. The molecule has 4 heteroatoms. The summed E-state index contributed by atoms with van der Waals surface area (Å²) in [4.78, 5) is 12.9. The molecule has 0 spiro atoms. The van der Waals surface area contributed by atoms with Crippen LogP contribution in [0.4, 0.5) is 5.69 Å². The van der Waals surface area contributed by atoms with E-state index >= 15 is 0 Å². The lowest BCUT2D eigenvalue weighted by atomic mass is 10.1. The average Bonchev–Trinajstić information content (AvgIpc) is 2.38. The maximum Gasteiger partial charge on any atom is 0.241 e. The number of nitrogens with two attached hydrogens (primary N) is 1. The highest BCUT2D eigenvalue weighted by Crippen LogP contribution is 2.17. The van der Waals surface area contributed by atoms with Crippen LogP contribution in [0.3, 0.4) is 0 Å². The van der Waals surface area contributed by atoms with Gasteiger partial charge in [0.2, 0.25) is 5.91 Å². The van der Waals surface area contributed by atoms with Gasteiger partial charge in [0.25, 0.3) is 0 Å². The molecular weight excluding hydrogens is 216 g/mol. The van der Waals surface area contributed by atoms with E-state index in [1.54, 1.807) is 6.08 Å². The summed E-state index contributed by atoms with van der Waals surface area (Å²) < 4.78 is 5.31. The summed E-state index contributed by atoms with van der Waals surface area (Å²) in [6.45, 7) is 3.42. The fourth-order valence-electron chi connectivity index (χ4n) is 1.80. The van der Waals surface area contributed by atoms with Gasteiger partial charge in [0.15, 0.2) is 0 Å². The molecule has 4 nitrogen and oxygen atoms in total. The zero-order chi connectivity index (χ0) is 12.1. The zero-order valence-corrected chi connectivity index (χ0v) is 9.63. The van der Waals surface area contributed by atoms with E-state index in [2.05, 4.69) is 4.90 Å².